The van der Waals surface area contributed by atoms with Gasteiger partial charge in [0, 0.05) is 19.7 Å². The Morgan fingerprint density at radius 2 is 2.21 bits per heavy atom. The first-order chi connectivity index (χ1) is 11.6. The van der Waals surface area contributed by atoms with Crippen LogP contribution in [0.3, 0.4) is 0 Å². The van der Waals surface area contributed by atoms with Crippen molar-refractivity contribution in [2.75, 3.05) is 13.2 Å². The van der Waals surface area contributed by atoms with Gasteiger partial charge in [-0.05, 0) is 31.5 Å². The molecular weight excluding hydrogens is 311 g/mol. The molecule has 0 radical (unpaired) electrons. The first kappa shape index (κ1) is 16.6. The molecule has 24 heavy (non-hydrogen) atoms. The average Bonchev–Trinajstić information content (AvgIpc) is 2.97. The Labute approximate surface area is 140 Å². The van der Waals surface area contributed by atoms with Gasteiger partial charge in [-0.1, -0.05) is 12.1 Å². The van der Waals surface area contributed by atoms with Crippen molar-refractivity contribution in [1.29, 1.82) is 0 Å². The summed E-state index contributed by atoms with van der Waals surface area (Å²) in [4.78, 5) is 14.4. The van der Waals surface area contributed by atoms with Crippen LogP contribution >= 0.6 is 0 Å². The number of rotatable bonds is 5. The Morgan fingerprint density at radius 1 is 1.38 bits per heavy atom. The Balaban J connectivity index is 1.72. The van der Waals surface area contributed by atoms with Crippen LogP contribution in [0, 0.1) is 5.82 Å². The van der Waals surface area contributed by atoms with Gasteiger partial charge in [0.25, 0.3) is 0 Å². The molecule has 1 aromatic carbocycles. The number of carbonyl (C=O) groups excluding carboxylic acids is 1. The fourth-order valence-corrected chi connectivity index (χ4v) is 3.01. The number of benzene rings is 1. The van der Waals surface area contributed by atoms with E-state index in [2.05, 4.69) is 10.2 Å². The Hall–Kier alpha value is -2.28. The van der Waals surface area contributed by atoms with Crippen LogP contribution in [0.1, 0.15) is 37.1 Å². The monoisotopic (exact) mass is 332 g/mol. The molecule has 0 aliphatic carbocycles. The van der Waals surface area contributed by atoms with Gasteiger partial charge < -0.3 is 14.2 Å². The predicted molar refractivity (Wildman–Crippen MR) is 85.6 cm³/mol. The van der Waals surface area contributed by atoms with Crippen LogP contribution < -0.4 is 0 Å². The van der Waals surface area contributed by atoms with Crippen LogP contribution in [0.25, 0.3) is 0 Å². The van der Waals surface area contributed by atoms with Gasteiger partial charge in [-0.3, -0.25) is 4.79 Å². The number of amides is 1. The lowest BCUT2D eigenvalue weighted by Crippen LogP contribution is -2.42. The molecule has 0 spiro atoms. The highest BCUT2D eigenvalue weighted by Gasteiger charge is 2.31. The fourth-order valence-electron chi connectivity index (χ4n) is 3.01. The lowest BCUT2D eigenvalue weighted by atomic mass is 10.1. The van der Waals surface area contributed by atoms with Gasteiger partial charge >= 0.3 is 0 Å². The van der Waals surface area contributed by atoms with Gasteiger partial charge in [-0.2, -0.15) is 0 Å². The van der Waals surface area contributed by atoms with Crippen molar-refractivity contribution >= 4 is 5.91 Å². The second-order valence-electron chi connectivity index (χ2n) is 5.83. The van der Waals surface area contributed by atoms with Crippen LogP contribution in [-0.4, -0.2) is 38.7 Å². The molecule has 7 heteroatoms. The Bertz CT molecular complexity index is 731. The molecule has 0 N–H and O–H groups in total. The van der Waals surface area contributed by atoms with Crippen LogP contribution in [-0.2, 0) is 29.1 Å². The zero-order valence-corrected chi connectivity index (χ0v) is 13.9. The van der Waals surface area contributed by atoms with Crippen molar-refractivity contribution < 1.29 is 13.9 Å². The third-order valence-corrected chi connectivity index (χ3v) is 4.26. The summed E-state index contributed by atoms with van der Waals surface area (Å²) in [6.07, 6.45) is 0.183. The fraction of sp³-hybridized carbons (Fsp3) is 0.471. The maximum Gasteiger partial charge on any atom is 0.227 e. The molecule has 1 aliphatic rings. The molecule has 1 amide bonds. The normalized spacial score (nSPS) is 17.0. The van der Waals surface area contributed by atoms with E-state index in [9.17, 15) is 9.18 Å². The van der Waals surface area contributed by atoms with E-state index >= 15 is 0 Å². The third-order valence-electron chi connectivity index (χ3n) is 4.26. The lowest BCUT2D eigenvalue weighted by molar-refractivity contribution is -0.133. The van der Waals surface area contributed by atoms with Crippen molar-refractivity contribution in [1.82, 2.24) is 19.7 Å². The largest absolute Gasteiger partial charge is 0.374 e. The summed E-state index contributed by atoms with van der Waals surface area (Å²) in [6, 6.07) is 5.99. The number of ether oxygens (including phenoxy) is 1. The highest BCUT2D eigenvalue weighted by atomic mass is 19.1. The molecular formula is C17H21FN4O2. The number of carbonyl (C=O) groups is 1. The highest BCUT2D eigenvalue weighted by molar-refractivity contribution is 5.79. The average molecular weight is 332 g/mol. The van der Waals surface area contributed by atoms with Crippen molar-refractivity contribution in [3.8, 4) is 0 Å². The van der Waals surface area contributed by atoms with E-state index in [0.717, 1.165) is 11.6 Å². The SMILES string of the molecule is CCOCc1nnc2n1CCN(C(=O)Cc1cccc(F)c1)[C@H]2C. The second-order valence-corrected chi connectivity index (χ2v) is 5.83. The Morgan fingerprint density at radius 3 is 2.96 bits per heavy atom. The molecule has 0 saturated carbocycles. The van der Waals surface area contributed by atoms with E-state index in [0.29, 0.717) is 31.9 Å². The third kappa shape index (κ3) is 3.31. The van der Waals surface area contributed by atoms with E-state index in [1.54, 1.807) is 17.0 Å². The molecule has 1 atom stereocenters. The first-order valence-corrected chi connectivity index (χ1v) is 8.13. The first-order valence-electron chi connectivity index (χ1n) is 8.13. The van der Waals surface area contributed by atoms with Gasteiger partial charge in [-0.15, -0.1) is 10.2 Å². The van der Waals surface area contributed by atoms with Crippen molar-refractivity contribution in [2.24, 2.45) is 0 Å². The van der Waals surface area contributed by atoms with Crippen LogP contribution in [0.2, 0.25) is 0 Å². The molecule has 128 valence electrons. The predicted octanol–water partition coefficient (Wildman–Crippen LogP) is 2.10. The number of fused-ring (bicyclic) bond motifs is 1. The summed E-state index contributed by atoms with van der Waals surface area (Å²) < 4.78 is 20.7. The van der Waals surface area contributed by atoms with E-state index < -0.39 is 0 Å². The van der Waals surface area contributed by atoms with Crippen LogP contribution in [0.15, 0.2) is 24.3 Å². The zero-order valence-electron chi connectivity index (χ0n) is 13.9. The zero-order chi connectivity index (χ0) is 17.1. The summed E-state index contributed by atoms with van der Waals surface area (Å²) in [5.74, 6) is 1.19. The highest BCUT2D eigenvalue weighted by Crippen LogP contribution is 2.25. The summed E-state index contributed by atoms with van der Waals surface area (Å²) in [5, 5.41) is 8.40. The smallest absolute Gasteiger partial charge is 0.227 e. The van der Waals surface area contributed by atoms with E-state index in [-0.39, 0.29) is 24.2 Å². The van der Waals surface area contributed by atoms with Crippen LogP contribution in [0.5, 0.6) is 0 Å². The molecule has 0 saturated heterocycles. The molecule has 2 aromatic rings. The van der Waals surface area contributed by atoms with E-state index in [1.807, 2.05) is 18.4 Å². The summed E-state index contributed by atoms with van der Waals surface area (Å²) in [6.45, 7) is 6.14. The summed E-state index contributed by atoms with van der Waals surface area (Å²) in [5.41, 5.74) is 0.677. The molecule has 3 rings (SSSR count). The maximum atomic E-state index is 13.3. The van der Waals surface area contributed by atoms with Gasteiger partial charge in [0.05, 0.1) is 12.5 Å². The lowest BCUT2D eigenvalue weighted by Gasteiger charge is -2.33. The number of hydrogen-bond acceptors (Lipinski definition) is 4. The van der Waals surface area contributed by atoms with Gasteiger partial charge in [-0.25, -0.2) is 4.39 Å². The molecule has 1 aromatic heterocycles. The molecule has 1 aliphatic heterocycles. The minimum absolute atomic E-state index is 0.0336. The minimum Gasteiger partial charge on any atom is -0.374 e. The minimum atomic E-state index is -0.327. The van der Waals surface area contributed by atoms with E-state index in [4.69, 9.17) is 4.74 Å². The molecule has 6 nitrogen and oxygen atoms in total. The van der Waals surface area contributed by atoms with Crippen molar-refractivity contribution in [3.05, 3.63) is 47.3 Å². The number of hydrogen-bond donors (Lipinski definition) is 0. The van der Waals surface area contributed by atoms with E-state index in [1.165, 1.54) is 12.1 Å². The van der Waals surface area contributed by atoms with Gasteiger partial charge in [0.2, 0.25) is 5.91 Å². The quantitative estimate of drug-likeness (QED) is 0.841. The molecule has 0 unspecified atom stereocenters. The maximum absolute atomic E-state index is 13.3. The van der Waals surface area contributed by atoms with Crippen molar-refractivity contribution in [3.63, 3.8) is 0 Å². The van der Waals surface area contributed by atoms with Crippen LogP contribution in [0.4, 0.5) is 4.39 Å². The van der Waals surface area contributed by atoms with Gasteiger partial charge in [0.15, 0.2) is 11.6 Å². The number of aromatic nitrogens is 3. The number of halogens is 1. The number of nitrogens with zero attached hydrogens (tertiary/aromatic N) is 4. The van der Waals surface area contributed by atoms with Crippen molar-refractivity contribution in [2.45, 2.75) is 39.5 Å². The van der Waals surface area contributed by atoms with Gasteiger partial charge in [0.1, 0.15) is 12.4 Å². The topological polar surface area (TPSA) is 60.3 Å². The summed E-state index contributed by atoms with van der Waals surface area (Å²) >= 11 is 0. The summed E-state index contributed by atoms with van der Waals surface area (Å²) in [7, 11) is 0. The Kier molecular flexibility index (Phi) is 4.89. The molecule has 0 fully saturated rings. The second kappa shape index (κ2) is 7.09. The molecule has 0 bridgehead atoms. The standard InChI is InChI=1S/C17H21FN4O2/c1-3-24-11-15-19-20-17-12(2)21(7-8-22(15)17)16(23)10-13-5-4-6-14(18)9-13/h4-6,9,12H,3,7-8,10-11H2,1-2H3/t12-/m0/s1. The molecule has 2 heterocycles.